The highest BCUT2D eigenvalue weighted by Gasteiger charge is 2.35. The van der Waals surface area contributed by atoms with Crippen LogP contribution in [0.3, 0.4) is 0 Å². The summed E-state index contributed by atoms with van der Waals surface area (Å²) in [5.74, 6) is 2.19. The van der Waals surface area contributed by atoms with E-state index in [0.29, 0.717) is 40.7 Å². The lowest BCUT2D eigenvalue weighted by molar-refractivity contribution is 0.0710. The van der Waals surface area contributed by atoms with Crippen molar-refractivity contribution in [1.82, 2.24) is 5.01 Å². The molecule has 9 nitrogen and oxygen atoms in total. The lowest BCUT2D eigenvalue weighted by Gasteiger charge is -2.23. The first-order valence-electron chi connectivity index (χ1n) is 12.1. The average Bonchev–Trinajstić information content (AvgIpc) is 3.40. The molecule has 4 rings (SSSR count). The number of rotatable bonds is 9. The summed E-state index contributed by atoms with van der Waals surface area (Å²) >= 11 is 0. The molecular weight excluding hydrogens is 486 g/mol. The molecule has 0 saturated heterocycles. The zero-order valence-corrected chi connectivity index (χ0v) is 22.8. The van der Waals surface area contributed by atoms with E-state index in [2.05, 4.69) is 0 Å². The Morgan fingerprint density at radius 3 is 1.97 bits per heavy atom. The number of ether oxygens (including phenoxy) is 5. The van der Waals surface area contributed by atoms with Crippen LogP contribution >= 0.6 is 0 Å². The second-order valence-electron chi connectivity index (χ2n) is 8.88. The van der Waals surface area contributed by atoms with Crippen LogP contribution in [0.15, 0.2) is 59.7 Å². The maximum atomic E-state index is 14.0. The second kappa shape index (κ2) is 11.3. The van der Waals surface area contributed by atoms with Crippen molar-refractivity contribution >= 4 is 17.3 Å². The molecule has 200 valence electrons. The number of methoxy groups -OCH3 is 5. The quantitative estimate of drug-likeness (QED) is 0.402. The Kier molecular flexibility index (Phi) is 7.95. The molecule has 0 bridgehead atoms. The number of hydrogen-bond acceptors (Lipinski definition) is 8. The zero-order valence-electron chi connectivity index (χ0n) is 22.8. The molecule has 1 amide bonds. The summed E-state index contributed by atoms with van der Waals surface area (Å²) in [7, 11) is 11.7. The van der Waals surface area contributed by atoms with Crippen LogP contribution in [0.1, 0.15) is 33.9 Å². The first-order valence-corrected chi connectivity index (χ1v) is 12.1. The van der Waals surface area contributed by atoms with Crippen molar-refractivity contribution in [3.05, 3.63) is 71.3 Å². The van der Waals surface area contributed by atoms with Crippen LogP contribution in [-0.2, 0) is 0 Å². The van der Waals surface area contributed by atoms with Crippen LogP contribution in [-0.4, -0.2) is 66.3 Å². The van der Waals surface area contributed by atoms with E-state index in [4.69, 9.17) is 28.8 Å². The number of amides is 1. The van der Waals surface area contributed by atoms with E-state index in [1.54, 1.807) is 26.4 Å². The number of benzene rings is 3. The predicted molar refractivity (Wildman–Crippen MR) is 146 cm³/mol. The van der Waals surface area contributed by atoms with Gasteiger partial charge in [0, 0.05) is 43.4 Å². The standard InChI is InChI=1S/C29H33N3O6/c1-31(2)20-10-8-18(9-11-20)24-17-23(22-13-12-21(34-3)16-25(22)35-4)30-32(24)29(33)19-14-26(36-5)28(38-7)27(15-19)37-6/h8-16,24H,17H2,1-7H3/t24-/m0/s1. The molecule has 0 radical (unpaired) electrons. The summed E-state index contributed by atoms with van der Waals surface area (Å²) < 4.78 is 27.4. The van der Waals surface area contributed by atoms with Gasteiger partial charge in [-0.25, -0.2) is 5.01 Å². The van der Waals surface area contributed by atoms with E-state index < -0.39 is 0 Å². The number of hydrogen-bond donors (Lipinski definition) is 0. The van der Waals surface area contributed by atoms with Crippen LogP contribution in [0.4, 0.5) is 5.69 Å². The van der Waals surface area contributed by atoms with Gasteiger partial charge in [0.25, 0.3) is 5.91 Å². The smallest absolute Gasteiger partial charge is 0.274 e. The first kappa shape index (κ1) is 26.7. The molecule has 1 heterocycles. The molecule has 0 saturated carbocycles. The van der Waals surface area contributed by atoms with E-state index in [1.807, 2.05) is 61.5 Å². The molecule has 3 aromatic rings. The van der Waals surface area contributed by atoms with E-state index in [1.165, 1.54) is 26.3 Å². The minimum absolute atomic E-state index is 0.298. The van der Waals surface area contributed by atoms with Gasteiger partial charge >= 0.3 is 0 Å². The van der Waals surface area contributed by atoms with Gasteiger partial charge in [-0.2, -0.15) is 5.10 Å². The zero-order chi connectivity index (χ0) is 27.4. The summed E-state index contributed by atoms with van der Waals surface area (Å²) in [6, 6.07) is 16.6. The third-order valence-corrected chi connectivity index (χ3v) is 6.54. The highest BCUT2D eigenvalue weighted by Crippen LogP contribution is 2.41. The SMILES string of the molecule is COc1ccc(C2=NN(C(=O)c3cc(OC)c(OC)c(OC)c3)[C@H](c3ccc(N(C)C)cc3)C2)c(OC)c1. The van der Waals surface area contributed by atoms with Gasteiger partial charge in [0.05, 0.1) is 47.3 Å². The van der Waals surface area contributed by atoms with Crippen molar-refractivity contribution in [2.75, 3.05) is 54.5 Å². The van der Waals surface area contributed by atoms with Crippen molar-refractivity contribution in [3.8, 4) is 28.7 Å². The molecule has 0 aliphatic carbocycles. The summed E-state index contributed by atoms with van der Waals surface area (Å²) in [5.41, 5.74) is 3.91. The van der Waals surface area contributed by atoms with Gasteiger partial charge in [-0.3, -0.25) is 4.79 Å². The molecule has 0 N–H and O–H groups in total. The molecule has 0 fully saturated rings. The van der Waals surface area contributed by atoms with Gasteiger partial charge in [-0.05, 0) is 42.0 Å². The summed E-state index contributed by atoms with van der Waals surface area (Å²) in [5, 5.41) is 6.34. The Morgan fingerprint density at radius 1 is 0.816 bits per heavy atom. The van der Waals surface area contributed by atoms with Crippen molar-refractivity contribution in [1.29, 1.82) is 0 Å². The summed E-state index contributed by atoms with van der Waals surface area (Å²) in [6.45, 7) is 0. The van der Waals surface area contributed by atoms with Gasteiger partial charge in [-0.15, -0.1) is 0 Å². The number of hydrazone groups is 1. The maximum Gasteiger partial charge on any atom is 0.274 e. The molecule has 0 unspecified atom stereocenters. The fourth-order valence-corrected chi connectivity index (χ4v) is 4.49. The van der Waals surface area contributed by atoms with Crippen molar-refractivity contribution in [2.45, 2.75) is 12.5 Å². The average molecular weight is 520 g/mol. The molecule has 1 aliphatic rings. The van der Waals surface area contributed by atoms with Crippen LogP contribution in [0.2, 0.25) is 0 Å². The van der Waals surface area contributed by atoms with Crippen LogP contribution < -0.4 is 28.6 Å². The monoisotopic (exact) mass is 519 g/mol. The predicted octanol–water partition coefficient (Wildman–Crippen LogP) is 4.79. The fourth-order valence-electron chi connectivity index (χ4n) is 4.49. The number of anilines is 1. The number of carbonyl (C=O) groups excluding carboxylic acids is 1. The van der Waals surface area contributed by atoms with Crippen molar-refractivity contribution < 1.29 is 28.5 Å². The third kappa shape index (κ3) is 5.04. The van der Waals surface area contributed by atoms with E-state index in [9.17, 15) is 4.79 Å². The molecule has 9 heteroatoms. The molecule has 0 spiro atoms. The van der Waals surface area contributed by atoms with Crippen LogP contribution in [0.25, 0.3) is 0 Å². The molecule has 3 aromatic carbocycles. The van der Waals surface area contributed by atoms with Crippen LogP contribution in [0.5, 0.6) is 28.7 Å². The Bertz CT molecular complexity index is 1310. The Labute approximate surface area is 223 Å². The molecule has 1 atom stereocenters. The highest BCUT2D eigenvalue weighted by molar-refractivity contribution is 6.07. The maximum absolute atomic E-state index is 14.0. The van der Waals surface area contributed by atoms with Crippen molar-refractivity contribution in [2.24, 2.45) is 5.10 Å². The molecule has 0 aromatic heterocycles. The van der Waals surface area contributed by atoms with Gasteiger partial charge in [-0.1, -0.05) is 12.1 Å². The first-order chi connectivity index (χ1) is 18.3. The van der Waals surface area contributed by atoms with Gasteiger partial charge in [0.2, 0.25) is 5.75 Å². The Balaban J connectivity index is 1.80. The lowest BCUT2D eigenvalue weighted by atomic mass is 9.97. The summed E-state index contributed by atoms with van der Waals surface area (Å²) in [6.07, 6.45) is 0.500. The number of carbonyl (C=O) groups is 1. The van der Waals surface area contributed by atoms with Gasteiger partial charge in [0.1, 0.15) is 11.5 Å². The lowest BCUT2D eigenvalue weighted by Crippen LogP contribution is -2.27. The molecule has 1 aliphatic heterocycles. The largest absolute Gasteiger partial charge is 0.497 e. The normalized spacial score (nSPS) is 14.6. The van der Waals surface area contributed by atoms with Crippen LogP contribution in [0, 0.1) is 0 Å². The van der Waals surface area contributed by atoms with Gasteiger partial charge < -0.3 is 28.6 Å². The minimum Gasteiger partial charge on any atom is -0.497 e. The Morgan fingerprint density at radius 2 is 1.45 bits per heavy atom. The molecule has 38 heavy (non-hydrogen) atoms. The summed E-state index contributed by atoms with van der Waals surface area (Å²) in [4.78, 5) is 16.0. The van der Waals surface area contributed by atoms with E-state index >= 15 is 0 Å². The third-order valence-electron chi connectivity index (χ3n) is 6.54. The molecular formula is C29H33N3O6. The van der Waals surface area contributed by atoms with E-state index in [0.717, 1.165) is 22.5 Å². The highest BCUT2D eigenvalue weighted by atomic mass is 16.5. The van der Waals surface area contributed by atoms with Crippen molar-refractivity contribution in [3.63, 3.8) is 0 Å². The topological polar surface area (TPSA) is 82.1 Å². The van der Waals surface area contributed by atoms with E-state index in [-0.39, 0.29) is 11.9 Å². The minimum atomic E-state index is -0.334. The Hall–Kier alpha value is -4.40. The fraction of sp³-hybridized carbons (Fsp3) is 0.310. The number of nitrogens with zero attached hydrogens (tertiary/aromatic N) is 3. The second-order valence-corrected chi connectivity index (χ2v) is 8.88. The van der Waals surface area contributed by atoms with Gasteiger partial charge in [0.15, 0.2) is 11.5 Å².